The number of amides is 5. The lowest BCUT2D eigenvalue weighted by molar-refractivity contribution is -0.274. The third kappa shape index (κ3) is 8.60. The summed E-state index contributed by atoms with van der Waals surface area (Å²) >= 11 is 0. The summed E-state index contributed by atoms with van der Waals surface area (Å²) in [5.41, 5.74) is -2.01. The molecule has 1 atom stereocenters. The highest BCUT2D eigenvalue weighted by Crippen LogP contribution is 2.31. The SMILES string of the molecule is CC(C)[C@@H](NC(=O)c1cc(C(F)(F)F)ccc1F)C(=O)N1CCCN(c2ccc(OC(F)(F)F)cc2)C(=O)N(C)C(=O)CC1. The van der Waals surface area contributed by atoms with Gasteiger partial charge in [-0.25, -0.2) is 9.18 Å². The number of carbonyl (C=O) groups excluding carboxylic acids is 4. The van der Waals surface area contributed by atoms with Crippen molar-refractivity contribution in [3.63, 3.8) is 0 Å². The Morgan fingerprint density at radius 1 is 0.932 bits per heavy atom. The number of ether oxygens (including phenoxy) is 1. The van der Waals surface area contributed by atoms with Crippen molar-refractivity contribution in [3.05, 3.63) is 59.4 Å². The van der Waals surface area contributed by atoms with Crippen LogP contribution in [0.25, 0.3) is 0 Å². The highest BCUT2D eigenvalue weighted by atomic mass is 19.4. The first kappa shape index (κ1) is 34.1. The van der Waals surface area contributed by atoms with Crippen LogP contribution in [0, 0.1) is 11.7 Å². The Kier molecular flexibility index (Phi) is 10.5. The molecule has 1 aliphatic rings. The van der Waals surface area contributed by atoms with Crippen molar-refractivity contribution >= 4 is 29.4 Å². The molecule has 1 aliphatic heterocycles. The molecule has 1 heterocycles. The quantitative estimate of drug-likeness (QED) is 0.441. The Hall–Kier alpha value is -4.37. The average molecular weight is 635 g/mol. The molecule has 1 fully saturated rings. The normalized spacial score (nSPS) is 16.2. The van der Waals surface area contributed by atoms with Crippen LogP contribution in [0.4, 0.5) is 41.2 Å². The number of halogens is 7. The molecular formula is C28H29F7N4O5. The summed E-state index contributed by atoms with van der Waals surface area (Å²) in [6, 6.07) is 3.65. The van der Waals surface area contributed by atoms with Gasteiger partial charge in [-0.3, -0.25) is 24.2 Å². The molecule has 0 radical (unpaired) electrons. The van der Waals surface area contributed by atoms with E-state index in [9.17, 15) is 49.9 Å². The van der Waals surface area contributed by atoms with Gasteiger partial charge in [-0.1, -0.05) is 13.8 Å². The zero-order chi connectivity index (χ0) is 33.0. The van der Waals surface area contributed by atoms with Crippen molar-refractivity contribution in [2.24, 2.45) is 5.92 Å². The van der Waals surface area contributed by atoms with E-state index in [1.54, 1.807) is 13.8 Å². The first-order valence-corrected chi connectivity index (χ1v) is 13.3. The number of urea groups is 1. The maximum Gasteiger partial charge on any atom is 0.573 e. The van der Waals surface area contributed by atoms with Crippen LogP contribution in [-0.2, 0) is 15.8 Å². The molecule has 0 bridgehead atoms. The van der Waals surface area contributed by atoms with Crippen molar-refractivity contribution < 1.29 is 54.6 Å². The highest BCUT2D eigenvalue weighted by molar-refractivity contribution is 6.03. The van der Waals surface area contributed by atoms with Crippen LogP contribution in [0.2, 0.25) is 0 Å². The van der Waals surface area contributed by atoms with Crippen molar-refractivity contribution in [2.45, 2.75) is 45.3 Å². The number of anilines is 1. The van der Waals surface area contributed by atoms with E-state index in [1.807, 2.05) is 0 Å². The molecule has 2 aromatic carbocycles. The van der Waals surface area contributed by atoms with Crippen molar-refractivity contribution in [3.8, 4) is 5.75 Å². The Morgan fingerprint density at radius 2 is 1.57 bits per heavy atom. The Morgan fingerprint density at radius 3 is 2.14 bits per heavy atom. The van der Waals surface area contributed by atoms with Crippen LogP contribution in [-0.4, -0.2) is 72.6 Å². The Bertz CT molecular complexity index is 1380. The van der Waals surface area contributed by atoms with Crippen LogP contribution < -0.4 is 15.0 Å². The van der Waals surface area contributed by atoms with Crippen LogP contribution in [0.3, 0.4) is 0 Å². The third-order valence-electron chi connectivity index (χ3n) is 6.75. The van der Waals surface area contributed by atoms with E-state index < -0.39 is 70.9 Å². The van der Waals surface area contributed by atoms with Gasteiger partial charge in [0.2, 0.25) is 11.8 Å². The second-order valence-electron chi connectivity index (χ2n) is 10.2. The van der Waals surface area contributed by atoms with Crippen molar-refractivity contribution in [1.82, 2.24) is 15.1 Å². The molecule has 5 amide bonds. The molecule has 2 aromatic rings. The molecule has 44 heavy (non-hydrogen) atoms. The number of nitrogens with zero attached hydrogens (tertiary/aromatic N) is 3. The van der Waals surface area contributed by atoms with Crippen LogP contribution in [0.5, 0.6) is 5.75 Å². The maximum atomic E-state index is 14.3. The minimum Gasteiger partial charge on any atom is -0.406 e. The van der Waals surface area contributed by atoms with Crippen molar-refractivity contribution in [2.75, 3.05) is 31.6 Å². The molecule has 1 N–H and O–H groups in total. The molecule has 3 rings (SSSR count). The molecule has 0 aromatic heterocycles. The van der Waals surface area contributed by atoms with Gasteiger partial charge in [-0.2, -0.15) is 13.2 Å². The standard InChI is InChI=1S/C28H29F7N4O5/c1-16(2)23(36-24(41)20-15-17(27(30,31)32)5-10-21(20)29)25(42)38-12-4-13-39(26(43)37(3)22(40)11-14-38)18-6-8-19(9-7-18)44-28(33,34)35/h5-10,15-16,23H,4,11-14H2,1-3H3,(H,36,41)/t23-/m1/s1. The summed E-state index contributed by atoms with van der Waals surface area (Å²) < 4.78 is 95.2. The fraction of sp³-hybridized carbons (Fsp3) is 0.429. The van der Waals surface area contributed by atoms with Gasteiger partial charge in [0.1, 0.15) is 17.6 Å². The van der Waals surface area contributed by atoms with Gasteiger partial charge in [0.15, 0.2) is 0 Å². The number of alkyl halides is 6. The van der Waals surface area contributed by atoms with Crippen LogP contribution >= 0.6 is 0 Å². The second kappa shape index (κ2) is 13.5. The van der Waals surface area contributed by atoms with Gasteiger partial charge in [0, 0.05) is 38.8 Å². The van der Waals surface area contributed by atoms with E-state index in [2.05, 4.69) is 10.1 Å². The zero-order valence-electron chi connectivity index (χ0n) is 23.8. The average Bonchev–Trinajstić information content (AvgIpc) is 2.93. The molecule has 1 saturated heterocycles. The van der Waals surface area contributed by atoms with E-state index in [0.29, 0.717) is 18.2 Å². The Labute approximate surface area is 247 Å². The van der Waals surface area contributed by atoms with E-state index in [-0.39, 0.29) is 38.2 Å². The molecule has 16 heteroatoms. The molecule has 0 saturated carbocycles. The Balaban J connectivity index is 1.81. The minimum atomic E-state index is -4.93. The first-order chi connectivity index (χ1) is 20.4. The lowest BCUT2D eigenvalue weighted by Crippen LogP contribution is -2.53. The lowest BCUT2D eigenvalue weighted by Gasteiger charge is -2.33. The van der Waals surface area contributed by atoms with Gasteiger partial charge in [0.05, 0.1) is 11.1 Å². The number of hydrogen-bond donors (Lipinski definition) is 1. The van der Waals surface area contributed by atoms with E-state index in [0.717, 1.165) is 21.9 Å². The number of imide groups is 1. The fourth-order valence-corrected chi connectivity index (χ4v) is 4.41. The largest absolute Gasteiger partial charge is 0.573 e. The van der Waals surface area contributed by atoms with Gasteiger partial charge < -0.3 is 15.0 Å². The second-order valence-corrected chi connectivity index (χ2v) is 10.2. The highest BCUT2D eigenvalue weighted by Gasteiger charge is 2.35. The number of nitrogens with one attached hydrogen (secondary N) is 1. The van der Waals surface area contributed by atoms with Gasteiger partial charge in [0.25, 0.3) is 5.91 Å². The smallest absolute Gasteiger partial charge is 0.406 e. The summed E-state index contributed by atoms with van der Waals surface area (Å²) in [4.78, 5) is 55.4. The summed E-state index contributed by atoms with van der Waals surface area (Å²) in [5.74, 6) is -4.98. The van der Waals surface area contributed by atoms with E-state index in [4.69, 9.17) is 0 Å². The summed E-state index contributed by atoms with van der Waals surface area (Å²) in [7, 11) is 1.20. The molecule has 0 unspecified atom stereocenters. The van der Waals surface area contributed by atoms with Gasteiger partial charge in [-0.05, 0) is 54.8 Å². The summed E-state index contributed by atoms with van der Waals surface area (Å²) in [6.45, 7) is 2.83. The number of carbonyl (C=O) groups is 4. The van der Waals surface area contributed by atoms with Crippen LogP contribution in [0.1, 0.15) is 42.6 Å². The molecule has 9 nitrogen and oxygen atoms in total. The van der Waals surface area contributed by atoms with Gasteiger partial charge in [-0.15, -0.1) is 13.2 Å². The van der Waals surface area contributed by atoms with Crippen LogP contribution in [0.15, 0.2) is 42.5 Å². The maximum absolute atomic E-state index is 14.3. The van der Waals surface area contributed by atoms with E-state index in [1.165, 1.54) is 24.1 Å². The lowest BCUT2D eigenvalue weighted by atomic mass is 10.0. The minimum absolute atomic E-state index is 0.0358. The predicted octanol–water partition coefficient (Wildman–Crippen LogP) is 5.20. The molecule has 0 spiro atoms. The topological polar surface area (TPSA) is 99.3 Å². The molecule has 0 aliphatic carbocycles. The molecule has 240 valence electrons. The molecular weight excluding hydrogens is 605 g/mol. The van der Waals surface area contributed by atoms with Crippen molar-refractivity contribution in [1.29, 1.82) is 0 Å². The van der Waals surface area contributed by atoms with E-state index >= 15 is 0 Å². The fourth-order valence-electron chi connectivity index (χ4n) is 4.41. The number of rotatable bonds is 6. The number of hydrogen-bond acceptors (Lipinski definition) is 5. The number of benzene rings is 2. The first-order valence-electron chi connectivity index (χ1n) is 13.3. The zero-order valence-corrected chi connectivity index (χ0v) is 23.8. The monoisotopic (exact) mass is 634 g/mol. The summed E-state index contributed by atoms with van der Waals surface area (Å²) in [5, 5.41) is 2.31. The van der Waals surface area contributed by atoms with Gasteiger partial charge >= 0.3 is 18.6 Å². The third-order valence-corrected chi connectivity index (χ3v) is 6.75. The summed E-state index contributed by atoms with van der Waals surface area (Å²) in [6.07, 6.45) is -9.96. The predicted molar refractivity (Wildman–Crippen MR) is 142 cm³/mol.